The molecule has 0 aliphatic carbocycles. The van der Waals surface area contributed by atoms with E-state index >= 15 is 0 Å². The summed E-state index contributed by atoms with van der Waals surface area (Å²) in [7, 11) is 0. The SMILES string of the molecule is CC(=NO)C(=O)Oc1ccccc1C. The van der Waals surface area contributed by atoms with Gasteiger partial charge in [-0.25, -0.2) is 4.79 Å². The first-order chi connectivity index (χ1) is 6.65. The Hall–Kier alpha value is -1.84. The van der Waals surface area contributed by atoms with E-state index in [1.54, 1.807) is 12.1 Å². The van der Waals surface area contributed by atoms with Crippen LogP contribution in [0, 0.1) is 6.92 Å². The zero-order chi connectivity index (χ0) is 10.6. The van der Waals surface area contributed by atoms with Gasteiger partial charge in [0.15, 0.2) is 5.71 Å². The number of oxime groups is 1. The molecule has 1 rings (SSSR count). The van der Waals surface area contributed by atoms with Crippen LogP contribution in [0.2, 0.25) is 0 Å². The Labute approximate surface area is 81.8 Å². The average molecular weight is 193 g/mol. The lowest BCUT2D eigenvalue weighted by atomic mass is 10.2. The molecule has 4 nitrogen and oxygen atoms in total. The molecule has 0 aromatic heterocycles. The average Bonchev–Trinajstić information content (AvgIpc) is 2.20. The molecule has 1 aromatic carbocycles. The van der Waals surface area contributed by atoms with Crippen molar-refractivity contribution >= 4 is 11.7 Å². The van der Waals surface area contributed by atoms with Crippen molar-refractivity contribution < 1.29 is 14.7 Å². The number of rotatable bonds is 2. The van der Waals surface area contributed by atoms with E-state index in [1.165, 1.54) is 6.92 Å². The van der Waals surface area contributed by atoms with Crippen LogP contribution in [0.5, 0.6) is 5.75 Å². The molecule has 74 valence electrons. The molecule has 0 unspecified atom stereocenters. The number of carbonyl (C=O) groups is 1. The Morgan fingerprint density at radius 1 is 1.43 bits per heavy atom. The number of benzene rings is 1. The molecule has 0 fully saturated rings. The van der Waals surface area contributed by atoms with Crippen LogP contribution in [-0.4, -0.2) is 16.9 Å². The van der Waals surface area contributed by atoms with Crippen molar-refractivity contribution in [3.8, 4) is 5.75 Å². The van der Waals surface area contributed by atoms with Gasteiger partial charge in [-0.1, -0.05) is 23.4 Å². The minimum absolute atomic E-state index is 0.0757. The summed E-state index contributed by atoms with van der Waals surface area (Å²) >= 11 is 0. The third-order valence-corrected chi connectivity index (χ3v) is 1.74. The summed E-state index contributed by atoms with van der Waals surface area (Å²) < 4.78 is 4.97. The highest BCUT2D eigenvalue weighted by atomic mass is 16.5. The monoisotopic (exact) mass is 193 g/mol. The maximum atomic E-state index is 11.2. The van der Waals surface area contributed by atoms with Crippen LogP contribution in [0.15, 0.2) is 29.4 Å². The fourth-order valence-electron chi connectivity index (χ4n) is 0.885. The van der Waals surface area contributed by atoms with Gasteiger partial charge in [-0.3, -0.25) is 0 Å². The third-order valence-electron chi connectivity index (χ3n) is 1.74. The first-order valence-corrected chi connectivity index (χ1v) is 4.11. The zero-order valence-corrected chi connectivity index (χ0v) is 8.02. The van der Waals surface area contributed by atoms with Gasteiger partial charge in [0.05, 0.1) is 0 Å². The summed E-state index contributed by atoms with van der Waals surface area (Å²) in [6.45, 7) is 3.20. The van der Waals surface area contributed by atoms with Crippen molar-refractivity contribution in [3.05, 3.63) is 29.8 Å². The molecule has 1 N–H and O–H groups in total. The van der Waals surface area contributed by atoms with E-state index in [1.807, 2.05) is 19.1 Å². The van der Waals surface area contributed by atoms with Crippen molar-refractivity contribution in [2.24, 2.45) is 5.16 Å². The minimum Gasteiger partial charge on any atom is -0.422 e. The molecule has 0 aliphatic heterocycles. The summed E-state index contributed by atoms with van der Waals surface area (Å²) in [6, 6.07) is 7.12. The topological polar surface area (TPSA) is 58.9 Å². The van der Waals surface area contributed by atoms with Gasteiger partial charge in [0.25, 0.3) is 0 Å². The lowest BCUT2D eigenvalue weighted by Gasteiger charge is -2.05. The second-order valence-corrected chi connectivity index (χ2v) is 2.84. The summed E-state index contributed by atoms with van der Waals surface area (Å²) in [4.78, 5) is 11.2. The lowest BCUT2D eigenvalue weighted by Crippen LogP contribution is -2.17. The van der Waals surface area contributed by atoms with Gasteiger partial charge in [0.1, 0.15) is 5.75 Å². The molecule has 0 atom stereocenters. The second kappa shape index (κ2) is 4.41. The maximum absolute atomic E-state index is 11.2. The zero-order valence-electron chi connectivity index (χ0n) is 8.02. The molecule has 0 bridgehead atoms. The molecule has 0 radical (unpaired) electrons. The molecule has 0 aliphatic rings. The van der Waals surface area contributed by atoms with Gasteiger partial charge < -0.3 is 9.94 Å². The van der Waals surface area contributed by atoms with Crippen molar-refractivity contribution in [1.29, 1.82) is 0 Å². The number of carbonyl (C=O) groups excluding carboxylic acids is 1. The van der Waals surface area contributed by atoms with Crippen molar-refractivity contribution in [2.75, 3.05) is 0 Å². The number of aryl methyl sites for hydroxylation is 1. The number of hydrogen-bond donors (Lipinski definition) is 1. The highest BCUT2D eigenvalue weighted by Gasteiger charge is 2.10. The van der Waals surface area contributed by atoms with Gasteiger partial charge in [0.2, 0.25) is 0 Å². The van der Waals surface area contributed by atoms with Gasteiger partial charge >= 0.3 is 5.97 Å². The molecule has 1 aromatic rings. The quantitative estimate of drug-likeness (QED) is 0.256. The highest BCUT2D eigenvalue weighted by Crippen LogP contribution is 2.16. The summed E-state index contributed by atoms with van der Waals surface area (Å²) in [5.41, 5.74) is 0.778. The molecule has 4 heteroatoms. The van der Waals surface area contributed by atoms with Crippen LogP contribution in [0.3, 0.4) is 0 Å². The largest absolute Gasteiger partial charge is 0.422 e. The standard InChI is InChI=1S/C10H11NO3/c1-7-5-3-4-6-9(7)14-10(12)8(2)11-13/h3-6,13H,1-2H3. The third kappa shape index (κ3) is 2.32. The fourth-order valence-corrected chi connectivity index (χ4v) is 0.885. The Morgan fingerprint density at radius 3 is 2.64 bits per heavy atom. The second-order valence-electron chi connectivity index (χ2n) is 2.84. The van der Waals surface area contributed by atoms with E-state index in [2.05, 4.69) is 5.16 Å². The molecule has 0 amide bonds. The molecular formula is C10H11NO3. The number of esters is 1. The van der Waals surface area contributed by atoms with Gasteiger partial charge in [-0.05, 0) is 25.5 Å². The molecule has 0 saturated heterocycles. The predicted octanol–water partition coefficient (Wildman–Crippen LogP) is 1.75. The number of nitrogens with zero attached hydrogens (tertiary/aromatic N) is 1. The Balaban J connectivity index is 2.80. The van der Waals surface area contributed by atoms with Crippen LogP contribution >= 0.6 is 0 Å². The smallest absolute Gasteiger partial charge is 0.361 e. The van der Waals surface area contributed by atoms with E-state index in [0.29, 0.717) is 5.75 Å². The van der Waals surface area contributed by atoms with E-state index < -0.39 is 5.97 Å². The van der Waals surface area contributed by atoms with Gasteiger partial charge in [-0.15, -0.1) is 0 Å². The van der Waals surface area contributed by atoms with Crippen molar-refractivity contribution in [2.45, 2.75) is 13.8 Å². The highest BCUT2D eigenvalue weighted by molar-refractivity contribution is 6.35. The summed E-state index contributed by atoms with van der Waals surface area (Å²) in [5, 5.41) is 11.1. The number of ether oxygens (including phenoxy) is 1. The Bertz CT molecular complexity index is 371. The summed E-state index contributed by atoms with van der Waals surface area (Å²) in [5.74, 6) is -0.178. The van der Waals surface area contributed by atoms with E-state index in [-0.39, 0.29) is 5.71 Å². The minimum atomic E-state index is -0.651. The van der Waals surface area contributed by atoms with E-state index in [9.17, 15) is 4.79 Å². The Kier molecular flexibility index (Phi) is 3.23. The molecule has 0 saturated carbocycles. The van der Waals surface area contributed by atoms with Crippen LogP contribution in [0.1, 0.15) is 12.5 Å². The number of hydrogen-bond acceptors (Lipinski definition) is 4. The molecule has 14 heavy (non-hydrogen) atoms. The molecule has 0 spiro atoms. The predicted molar refractivity (Wildman–Crippen MR) is 51.7 cm³/mol. The van der Waals surface area contributed by atoms with Crippen LogP contribution in [0.4, 0.5) is 0 Å². The van der Waals surface area contributed by atoms with E-state index in [0.717, 1.165) is 5.56 Å². The van der Waals surface area contributed by atoms with Gasteiger partial charge in [-0.2, -0.15) is 0 Å². The lowest BCUT2D eigenvalue weighted by molar-refractivity contribution is -0.127. The maximum Gasteiger partial charge on any atom is 0.361 e. The fraction of sp³-hybridized carbons (Fsp3) is 0.200. The van der Waals surface area contributed by atoms with Crippen LogP contribution in [0.25, 0.3) is 0 Å². The van der Waals surface area contributed by atoms with Crippen LogP contribution < -0.4 is 4.74 Å². The van der Waals surface area contributed by atoms with Gasteiger partial charge in [0, 0.05) is 0 Å². The normalized spacial score (nSPS) is 11.1. The molecule has 0 heterocycles. The first-order valence-electron chi connectivity index (χ1n) is 4.11. The van der Waals surface area contributed by atoms with Crippen LogP contribution in [-0.2, 0) is 4.79 Å². The molecular weight excluding hydrogens is 182 g/mol. The van der Waals surface area contributed by atoms with E-state index in [4.69, 9.17) is 9.94 Å². The van der Waals surface area contributed by atoms with Crippen molar-refractivity contribution in [3.63, 3.8) is 0 Å². The number of para-hydroxylation sites is 1. The van der Waals surface area contributed by atoms with Crippen molar-refractivity contribution in [1.82, 2.24) is 0 Å². The first kappa shape index (κ1) is 10.2. The Morgan fingerprint density at radius 2 is 2.07 bits per heavy atom. The summed E-state index contributed by atoms with van der Waals surface area (Å²) in [6.07, 6.45) is 0.